The minimum absolute atomic E-state index is 0.271. The Morgan fingerprint density at radius 2 is 2.25 bits per heavy atom. The predicted octanol–water partition coefficient (Wildman–Crippen LogP) is 0.114. The number of ether oxygens (including phenoxy) is 2. The van der Waals surface area contributed by atoms with Gasteiger partial charge < -0.3 is 14.6 Å². The van der Waals surface area contributed by atoms with Crippen molar-refractivity contribution < 1.29 is 14.6 Å². The first-order chi connectivity index (χ1) is 3.71. The van der Waals surface area contributed by atoms with Gasteiger partial charge in [0.15, 0.2) is 0 Å². The summed E-state index contributed by atoms with van der Waals surface area (Å²) in [4.78, 5) is 0. The summed E-state index contributed by atoms with van der Waals surface area (Å²) in [6.45, 7) is 1.35. The monoisotopic (exact) mass is 230 g/mol. The van der Waals surface area contributed by atoms with Crippen LogP contribution in [-0.4, -0.2) is 28.7 Å². The van der Waals surface area contributed by atoms with E-state index in [-0.39, 0.29) is 6.61 Å². The number of hydrogen-bond donors (Lipinski definition) is 1. The zero-order valence-electron chi connectivity index (χ0n) is 4.26. The molecule has 1 unspecified atom stereocenters. The summed E-state index contributed by atoms with van der Waals surface area (Å²) < 4.78 is 8.71. The fourth-order valence-corrected chi connectivity index (χ4v) is 0.937. The molecule has 3 nitrogen and oxygen atoms in total. The fourth-order valence-electron chi connectivity index (χ4n) is 0.497. The second-order valence-corrected chi connectivity index (χ2v) is 3.28. The molecule has 1 saturated heterocycles. The molecule has 0 saturated carbocycles. The lowest BCUT2D eigenvalue weighted by molar-refractivity contribution is -0.197. The van der Waals surface area contributed by atoms with Crippen molar-refractivity contribution in [2.24, 2.45) is 0 Å². The maximum Gasteiger partial charge on any atom is 0.243 e. The molecule has 1 heterocycles. The van der Waals surface area contributed by atoms with Crippen LogP contribution >= 0.6 is 22.6 Å². The van der Waals surface area contributed by atoms with Crippen molar-refractivity contribution in [2.75, 3.05) is 19.8 Å². The Hall–Kier alpha value is 0.610. The highest BCUT2D eigenvalue weighted by Gasteiger charge is 2.26. The number of halogens is 1. The molecule has 1 aliphatic heterocycles. The topological polar surface area (TPSA) is 38.7 Å². The Labute approximate surface area is 61.1 Å². The lowest BCUT2D eigenvalue weighted by atomic mass is 10.6. The van der Waals surface area contributed by atoms with Gasteiger partial charge in [-0.1, -0.05) is 0 Å². The normalized spacial score (nSPS) is 39.8. The van der Waals surface area contributed by atoms with Crippen LogP contribution in [-0.2, 0) is 9.47 Å². The Morgan fingerprint density at radius 3 is 2.50 bits per heavy atom. The number of hydrogen-bond acceptors (Lipinski definition) is 3. The van der Waals surface area contributed by atoms with E-state index in [1.807, 2.05) is 0 Å². The molecule has 4 heteroatoms. The highest BCUT2D eigenvalue weighted by molar-refractivity contribution is 14.1. The summed E-state index contributed by atoms with van der Waals surface area (Å²) in [5.74, 6) is 0. The first-order valence-corrected chi connectivity index (χ1v) is 3.42. The first kappa shape index (κ1) is 6.73. The van der Waals surface area contributed by atoms with Crippen LogP contribution in [0, 0.1) is 0 Å². The van der Waals surface area contributed by atoms with Crippen molar-refractivity contribution in [2.45, 2.75) is 3.79 Å². The van der Waals surface area contributed by atoms with Crippen LogP contribution in [0.4, 0.5) is 0 Å². The fraction of sp³-hybridized carbons (Fsp3) is 1.00. The lowest BCUT2D eigenvalue weighted by Crippen LogP contribution is -2.36. The van der Waals surface area contributed by atoms with E-state index >= 15 is 0 Å². The summed E-state index contributed by atoms with van der Waals surface area (Å²) in [5.41, 5.74) is 0. The largest absolute Gasteiger partial charge is 0.373 e. The summed E-state index contributed by atoms with van der Waals surface area (Å²) in [6, 6.07) is 0. The molecule has 0 amide bonds. The molecule has 0 aliphatic carbocycles. The van der Waals surface area contributed by atoms with E-state index < -0.39 is 3.79 Å². The van der Waals surface area contributed by atoms with E-state index in [2.05, 4.69) is 0 Å². The summed E-state index contributed by atoms with van der Waals surface area (Å²) >= 11 is 1.80. The van der Waals surface area contributed by atoms with Crippen molar-refractivity contribution in [3.8, 4) is 0 Å². The molecular formula is C4H7IO3. The SMILES string of the molecule is OC1(I)COCCO1. The van der Waals surface area contributed by atoms with E-state index in [1.165, 1.54) is 0 Å². The van der Waals surface area contributed by atoms with Crippen LogP contribution in [0.5, 0.6) is 0 Å². The molecule has 1 aliphatic rings. The third-order valence-electron chi connectivity index (χ3n) is 0.831. The van der Waals surface area contributed by atoms with E-state index in [4.69, 9.17) is 14.6 Å². The molecule has 1 rings (SSSR count). The van der Waals surface area contributed by atoms with Gasteiger partial charge >= 0.3 is 0 Å². The molecule has 8 heavy (non-hydrogen) atoms. The maximum atomic E-state index is 9.01. The van der Waals surface area contributed by atoms with Gasteiger partial charge in [0.1, 0.15) is 6.61 Å². The second-order valence-electron chi connectivity index (χ2n) is 1.59. The minimum Gasteiger partial charge on any atom is -0.373 e. The maximum absolute atomic E-state index is 9.01. The van der Waals surface area contributed by atoms with Gasteiger partial charge in [-0.25, -0.2) is 0 Å². The predicted molar refractivity (Wildman–Crippen MR) is 35.7 cm³/mol. The third kappa shape index (κ3) is 1.85. The Bertz CT molecular complexity index is 75.4. The molecule has 0 aromatic heterocycles. The smallest absolute Gasteiger partial charge is 0.243 e. The second kappa shape index (κ2) is 2.47. The zero-order valence-corrected chi connectivity index (χ0v) is 6.42. The summed E-state index contributed by atoms with van der Waals surface area (Å²) in [7, 11) is 0. The summed E-state index contributed by atoms with van der Waals surface area (Å²) in [5, 5.41) is 9.01. The quantitative estimate of drug-likeness (QED) is 0.474. The van der Waals surface area contributed by atoms with Crippen LogP contribution in [0.3, 0.4) is 0 Å². The van der Waals surface area contributed by atoms with Crippen molar-refractivity contribution in [3.05, 3.63) is 0 Å². The molecule has 48 valence electrons. The molecule has 0 radical (unpaired) electrons. The molecule has 0 spiro atoms. The minimum atomic E-state index is -1.07. The third-order valence-corrected chi connectivity index (χ3v) is 1.45. The van der Waals surface area contributed by atoms with Gasteiger partial charge in [-0.3, -0.25) is 0 Å². The van der Waals surface area contributed by atoms with Gasteiger partial charge in [0, 0.05) is 0 Å². The molecule has 0 bridgehead atoms. The van der Waals surface area contributed by atoms with Crippen LogP contribution in [0.25, 0.3) is 0 Å². The van der Waals surface area contributed by atoms with Gasteiger partial charge in [0.2, 0.25) is 3.79 Å². The molecule has 1 atom stereocenters. The lowest BCUT2D eigenvalue weighted by Gasteiger charge is -2.25. The van der Waals surface area contributed by atoms with Crippen LogP contribution in [0.15, 0.2) is 0 Å². The van der Waals surface area contributed by atoms with E-state index in [0.717, 1.165) is 0 Å². The van der Waals surface area contributed by atoms with Crippen molar-refractivity contribution in [3.63, 3.8) is 0 Å². The summed E-state index contributed by atoms with van der Waals surface area (Å²) in [6.07, 6.45) is 0. The van der Waals surface area contributed by atoms with Gasteiger partial charge in [0.05, 0.1) is 13.2 Å². The van der Waals surface area contributed by atoms with Crippen LogP contribution in [0.2, 0.25) is 0 Å². The van der Waals surface area contributed by atoms with Crippen molar-refractivity contribution in [1.29, 1.82) is 0 Å². The Kier molecular flexibility index (Phi) is 2.07. The number of rotatable bonds is 0. The Morgan fingerprint density at radius 1 is 1.50 bits per heavy atom. The number of alkyl halides is 1. The molecule has 0 aromatic rings. The zero-order chi connectivity index (χ0) is 6.04. The average molecular weight is 230 g/mol. The van der Waals surface area contributed by atoms with Crippen molar-refractivity contribution in [1.82, 2.24) is 0 Å². The van der Waals surface area contributed by atoms with Gasteiger partial charge in [-0.05, 0) is 22.6 Å². The van der Waals surface area contributed by atoms with Gasteiger partial charge in [-0.15, -0.1) is 0 Å². The highest BCUT2D eigenvalue weighted by Crippen LogP contribution is 2.19. The molecule has 1 N–H and O–H groups in total. The molecular weight excluding hydrogens is 223 g/mol. The van der Waals surface area contributed by atoms with Gasteiger partial charge in [-0.2, -0.15) is 0 Å². The Balaban J connectivity index is 2.33. The van der Waals surface area contributed by atoms with E-state index in [0.29, 0.717) is 13.2 Å². The molecule has 0 aromatic carbocycles. The standard InChI is InChI=1S/C4H7IO3/c5-4(6)3-7-1-2-8-4/h6H,1-3H2. The molecule has 1 fully saturated rings. The highest BCUT2D eigenvalue weighted by atomic mass is 127. The first-order valence-electron chi connectivity index (χ1n) is 2.34. The van der Waals surface area contributed by atoms with Crippen molar-refractivity contribution >= 4 is 22.6 Å². The number of aliphatic hydroxyl groups is 1. The van der Waals surface area contributed by atoms with E-state index in [9.17, 15) is 0 Å². The van der Waals surface area contributed by atoms with E-state index in [1.54, 1.807) is 22.6 Å². The van der Waals surface area contributed by atoms with Crippen LogP contribution in [0.1, 0.15) is 0 Å². The average Bonchev–Trinajstić information content (AvgIpc) is 1.65. The van der Waals surface area contributed by atoms with Crippen LogP contribution < -0.4 is 0 Å². The van der Waals surface area contributed by atoms with Gasteiger partial charge in [0.25, 0.3) is 0 Å².